The van der Waals surface area contributed by atoms with Gasteiger partial charge >= 0.3 is 0 Å². The van der Waals surface area contributed by atoms with Crippen LogP contribution in [0.1, 0.15) is 68.5 Å². The van der Waals surface area contributed by atoms with E-state index in [0.717, 1.165) is 31.2 Å². The summed E-state index contributed by atoms with van der Waals surface area (Å²) in [4.78, 5) is 0. The van der Waals surface area contributed by atoms with Gasteiger partial charge in [-0.2, -0.15) is 0 Å². The zero-order chi connectivity index (χ0) is 14.5. The largest absolute Gasteiger partial charge is 0.493 e. The van der Waals surface area contributed by atoms with Gasteiger partial charge in [-0.15, -0.1) is 0 Å². The highest BCUT2D eigenvalue weighted by molar-refractivity contribution is 5.43. The summed E-state index contributed by atoms with van der Waals surface area (Å²) >= 11 is 0. The van der Waals surface area contributed by atoms with Crippen LogP contribution in [0.15, 0.2) is 18.2 Å². The first kappa shape index (κ1) is 14.9. The van der Waals surface area contributed by atoms with Gasteiger partial charge in [0.05, 0.1) is 6.61 Å². The van der Waals surface area contributed by atoms with Crippen molar-refractivity contribution in [1.82, 2.24) is 5.32 Å². The lowest BCUT2D eigenvalue weighted by Gasteiger charge is -2.24. The van der Waals surface area contributed by atoms with E-state index >= 15 is 0 Å². The fourth-order valence-corrected chi connectivity index (χ4v) is 3.91. The summed E-state index contributed by atoms with van der Waals surface area (Å²) in [6.07, 6.45) is 10.9. The predicted molar refractivity (Wildman–Crippen MR) is 87.8 cm³/mol. The van der Waals surface area contributed by atoms with Gasteiger partial charge in [0, 0.05) is 11.6 Å². The van der Waals surface area contributed by atoms with E-state index in [2.05, 4.69) is 30.4 Å². The molecule has 2 nitrogen and oxygen atoms in total. The second kappa shape index (κ2) is 7.31. The first-order chi connectivity index (χ1) is 10.3. The first-order valence-corrected chi connectivity index (χ1v) is 8.80. The van der Waals surface area contributed by atoms with Crippen molar-refractivity contribution in [2.45, 2.75) is 64.3 Å². The summed E-state index contributed by atoms with van der Waals surface area (Å²) in [6.45, 7) is 4.17. The van der Waals surface area contributed by atoms with E-state index in [9.17, 15) is 0 Å². The molecule has 3 rings (SSSR count). The van der Waals surface area contributed by atoms with Crippen LogP contribution in [0.3, 0.4) is 0 Å². The molecule has 116 valence electrons. The van der Waals surface area contributed by atoms with E-state index in [1.807, 2.05) is 0 Å². The van der Waals surface area contributed by atoms with E-state index in [-0.39, 0.29) is 0 Å². The molecule has 0 radical (unpaired) electrons. The summed E-state index contributed by atoms with van der Waals surface area (Å²) in [7, 11) is 0. The number of benzene rings is 1. The second-order valence-electron chi connectivity index (χ2n) is 6.78. The average Bonchev–Trinajstić information content (AvgIpc) is 2.72. The molecule has 2 aliphatic rings. The third-order valence-corrected chi connectivity index (χ3v) is 5.17. The zero-order valence-corrected chi connectivity index (χ0v) is 13.4. The van der Waals surface area contributed by atoms with E-state index in [4.69, 9.17) is 4.74 Å². The van der Waals surface area contributed by atoms with Gasteiger partial charge in [-0.05, 0) is 44.2 Å². The molecule has 21 heavy (non-hydrogen) atoms. The Morgan fingerprint density at radius 2 is 1.95 bits per heavy atom. The monoisotopic (exact) mass is 287 g/mol. The molecule has 1 aromatic rings. The Morgan fingerprint density at radius 1 is 1.10 bits per heavy atom. The number of rotatable bonds is 4. The first-order valence-electron chi connectivity index (χ1n) is 8.80. The SMILES string of the molecule is Cc1cccc2c1OCCCC2NCCC1CCCCC1. The van der Waals surface area contributed by atoms with Gasteiger partial charge in [0.2, 0.25) is 0 Å². The zero-order valence-electron chi connectivity index (χ0n) is 13.4. The predicted octanol–water partition coefficient (Wildman–Crippen LogP) is 4.77. The molecule has 1 N–H and O–H groups in total. The molecular formula is C19H29NO. The molecule has 0 aromatic heterocycles. The molecule has 1 saturated carbocycles. The Kier molecular flexibility index (Phi) is 5.18. The fraction of sp³-hybridized carbons (Fsp3) is 0.684. The summed E-state index contributed by atoms with van der Waals surface area (Å²) in [5, 5.41) is 3.81. The minimum atomic E-state index is 0.478. The third kappa shape index (κ3) is 3.79. The lowest BCUT2D eigenvalue weighted by molar-refractivity contribution is 0.311. The lowest BCUT2D eigenvalue weighted by atomic mass is 9.87. The number of aryl methyl sites for hydroxylation is 1. The molecular weight excluding hydrogens is 258 g/mol. The molecule has 0 bridgehead atoms. The topological polar surface area (TPSA) is 21.3 Å². The van der Waals surface area contributed by atoms with E-state index in [1.165, 1.54) is 56.1 Å². The molecule has 0 amide bonds. The summed E-state index contributed by atoms with van der Waals surface area (Å²) < 4.78 is 5.97. The van der Waals surface area contributed by atoms with Gasteiger partial charge < -0.3 is 10.1 Å². The van der Waals surface area contributed by atoms with Crippen molar-refractivity contribution in [3.05, 3.63) is 29.3 Å². The maximum Gasteiger partial charge on any atom is 0.126 e. The molecule has 1 fully saturated rings. The summed E-state index contributed by atoms with van der Waals surface area (Å²) in [6, 6.07) is 7.04. The third-order valence-electron chi connectivity index (χ3n) is 5.17. The molecule has 0 spiro atoms. The van der Waals surface area contributed by atoms with Crippen molar-refractivity contribution in [2.24, 2.45) is 5.92 Å². The molecule has 1 aromatic carbocycles. The van der Waals surface area contributed by atoms with Gasteiger partial charge in [-0.25, -0.2) is 0 Å². The molecule has 0 saturated heterocycles. The van der Waals surface area contributed by atoms with Crippen LogP contribution in [0.2, 0.25) is 0 Å². The van der Waals surface area contributed by atoms with Gasteiger partial charge in [0.1, 0.15) is 5.75 Å². The van der Waals surface area contributed by atoms with Crippen LogP contribution in [0.5, 0.6) is 5.75 Å². The van der Waals surface area contributed by atoms with Crippen LogP contribution in [-0.4, -0.2) is 13.2 Å². The highest BCUT2D eigenvalue weighted by Crippen LogP contribution is 2.34. The Balaban J connectivity index is 1.59. The number of hydrogen-bond donors (Lipinski definition) is 1. The molecule has 1 aliphatic carbocycles. The van der Waals surface area contributed by atoms with Gasteiger partial charge in [0.15, 0.2) is 0 Å². The Bertz CT molecular complexity index is 451. The smallest absolute Gasteiger partial charge is 0.126 e. The van der Waals surface area contributed by atoms with Crippen molar-refractivity contribution in [1.29, 1.82) is 0 Å². The van der Waals surface area contributed by atoms with Gasteiger partial charge in [-0.1, -0.05) is 50.3 Å². The average molecular weight is 287 g/mol. The van der Waals surface area contributed by atoms with Crippen LogP contribution < -0.4 is 10.1 Å². The summed E-state index contributed by atoms with van der Waals surface area (Å²) in [5.41, 5.74) is 2.64. The normalized spacial score (nSPS) is 23.2. The minimum Gasteiger partial charge on any atom is -0.493 e. The van der Waals surface area contributed by atoms with Crippen molar-refractivity contribution < 1.29 is 4.74 Å². The van der Waals surface area contributed by atoms with Gasteiger partial charge in [0.25, 0.3) is 0 Å². The Morgan fingerprint density at radius 3 is 2.81 bits per heavy atom. The van der Waals surface area contributed by atoms with Crippen molar-refractivity contribution in [2.75, 3.05) is 13.2 Å². The number of ether oxygens (including phenoxy) is 1. The molecule has 1 heterocycles. The van der Waals surface area contributed by atoms with Gasteiger partial charge in [-0.3, -0.25) is 0 Å². The number of fused-ring (bicyclic) bond motifs is 1. The van der Waals surface area contributed by atoms with Crippen LogP contribution in [-0.2, 0) is 0 Å². The van der Waals surface area contributed by atoms with Crippen molar-refractivity contribution in [3.8, 4) is 5.75 Å². The molecule has 1 atom stereocenters. The van der Waals surface area contributed by atoms with Crippen LogP contribution in [0.25, 0.3) is 0 Å². The number of hydrogen-bond acceptors (Lipinski definition) is 2. The molecule has 2 heteroatoms. The van der Waals surface area contributed by atoms with E-state index in [1.54, 1.807) is 0 Å². The van der Waals surface area contributed by atoms with Crippen molar-refractivity contribution >= 4 is 0 Å². The summed E-state index contributed by atoms with van der Waals surface area (Å²) in [5.74, 6) is 2.09. The maximum atomic E-state index is 5.97. The molecule has 1 unspecified atom stereocenters. The maximum absolute atomic E-state index is 5.97. The lowest BCUT2D eigenvalue weighted by Crippen LogP contribution is -2.24. The van der Waals surface area contributed by atoms with E-state index < -0.39 is 0 Å². The molecule has 1 aliphatic heterocycles. The highest BCUT2D eigenvalue weighted by Gasteiger charge is 2.21. The number of nitrogens with one attached hydrogen (secondary N) is 1. The number of para-hydroxylation sites is 1. The Hall–Kier alpha value is -1.02. The Labute approximate surface area is 129 Å². The fourth-order valence-electron chi connectivity index (χ4n) is 3.91. The van der Waals surface area contributed by atoms with Crippen LogP contribution in [0, 0.1) is 12.8 Å². The second-order valence-corrected chi connectivity index (χ2v) is 6.78. The van der Waals surface area contributed by atoms with E-state index in [0.29, 0.717) is 6.04 Å². The van der Waals surface area contributed by atoms with Crippen LogP contribution in [0.4, 0.5) is 0 Å². The minimum absolute atomic E-state index is 0.478. The van der Waals surface area contributed by atoms with Crippen molar-refractivity contribution in [3.63, 3.8) is 0 Å². The van der Waals surface area contributed by atoms with Crippen LogP contribution >= 0.6 is 0 Å². The quantitative estimate of drug-likeness (QED) is 0.861. The standard InChI is InChI=1S/C19H29NO/c1-15-7-5-10-17-18(11-6-14-21-19(15)17)20-13-12-16-8-3-2-4-9-16/h5,7,10,16,18,20H,2-4,6,8-9,11-14H2,1H3. The highest BCUT2D eigenvalue weighted by atomic mass is 16.5.